The number of nitrogens with one attached hydrogen (secondary N) is 1. The Bertz CT molecular complexity index is 1800. The van der Waals surface area contributed by atoms with Gasteiger partial charge in [0.1, 0.15) is 17.9 Å². The molecule has 0 bridgehead atoms. The molecule has 252 valence electrons. The number of piperidine rings is 2. The van der Waals surface area contributed by atoms with Crippen molar-refractivity contribution in [3.05, 3.63) is 72.3 Å². The summed E-state index contributed by atoms with van der Waals surface area (Å²) in [5.74, 6) is -0.0870. The van der Waals surface area contributed by atoms with E-state index < -0.39 is 17.7 Å². The van der Waals surface area contributed by atoms with E-state index in [9.17, 15) is 13.6 Å². The summed E-state index contributed by atoms with van der Waals surface area (Å²) in [6, 6.07) is 9.46. The van der Waals surface area contributed by atoms with Crippen molar-refractivity contribution in [2.24, 2.45) is 12.5 Å². The fourth-order valence-electron chi connectivity index (χ4n) is 7.34. The first-order chi connectivity index (χ1) is 23.2. The number of likely N-dealkylation sites (tertiary alicyclic amines) is 1. The molecular formula is C35H40F2N8O3. The lowest BCUT2D eigenvalue weighted by molar-refractivity contribution is -0.131. The van der Waals surface area contributed by atoms with Gasteiger partial charge < -0.3 is 19.9 Å². The molecule has 1 spiro atoms. The van der Waals surface area contributed by atoms with Crippen LogP contribution in [0, 0.1) is 17.0 Å². The zero-order chi connectivity index (χ0) is 33.4. The van der Waals surface area contributed by atoms with Gasteiger partial charge in [0.2, 0.25) is 5.91 Å². The predicted octanol–water partition coefficient (Wildman–Crippen LogP) is 6.02. The highest BCUT2D eigenvalue weighted by molar-refractivity contribution is 5.85. The first kappa shape index (κ1) is 31.8. The number of halogens is 2. The molecule has 0 unspecified atom stereocenters. The van der Waals surface area contributed by atoms with Crippen LogP contribution in [0.15, 0.2) is 55.1 Å². The summed E-state index contributed by atoms with van der Waals surface area (Å²) >= 11 is 0. The van der Waals surface area contributed by atoms with E-state index in [-0.39, 0.29) is 16.9 Å². The van der Waals surface area contributed by atoms with Crippen LogP contribution in [0.4, 0.5) is 31.8 Å². The molecule has 7 rings (SSSR count). The molecule has 0 aliphatic carbocycles. The van der Waals surface area contributed by atoms with Crippen LogP contribution >= 0.6 is 0 Å². The van der Waals surface area contributed by atoms with Crippen LogP contribution in [-0.2, 0) is 16.7 Å². The maximum atomic E-state index is 14.7. The van der Waals surface area contributed by atoms with E-state index in [4.69, 9.17) is 9.57 Å². The Morgan fingerprint density at radius 1 is 1.06 bits per heavy atom. The number of amides is 1. The molecule has 2 aromatic heterocycles. The fourth-order valence-corrected chi connectivity index (χ4v) is 7.34. The van der Waals surface area contributed by atoms with Crippen molar-refractivity contribution >= 4 is 28.9 Å². The van der Waals surface area contributed by atoms with Gasteiger partial charge in [0.15, 0.2) is 17.5 Å². The highest BCUT2D eigenvalue weighted by atomic mass is 19.2. The minimum Gasteiger partial charge on any atom is -0.494 e. The number of hydroxylamine groups is 1. The summed E-state index contributed by atoms with van der Waals surface area (Å²) in [5, 5.41) is 9.36. The lowest BCUT2D eigenvalue weighted by Crippen LogP contribution is -2.48. The van der Waals surface area contributed by atoms with E-state index in [1.54, 1.807) is 30.8 Å². The smallest absolute Gasteiger partial charge is 0.219 e. The van der Waals surface area contributed by atoms with Crippen molar-refractivity contribution < 1.29 is 23.1 Å². The molecule has 2 aromatic carbocycles. The van der Waals surface area contributed by atoms with Crippen LogP contribution in [-0.4, -0.2) is 70.5 Å². The number of carbonyl (C=O) groups excluding carboxylic acids is 1. The summed E-state index contributed by atoms with van der Waals surface area (Å²) in [7, 11) is 3.54. The van der Waals surface area contributed by atoms with Gasteiger partial charge >= 0.3 is 0 Å². The number of ether oxygens (including phenoxy) is 1. The van der Waals surface area contributed by atoms with Crippen LogP contribution in [0.3, 0.4) is 0 Å². The van der Waals surface area contributed by atoms with Gasteiger partial charge in [-0.05, 0) is 43.2 Å². The lowest BCUT2D eigenvalue weighted by atomic mass is 9.71. The number of aromatic nitrogens is 4. The third-order valence-corrected chi connectivity index (χ3v) is 10.2. The van der Waals surface area contributed by atoms with Crippen molar-refractivity contribution in [3.8, 4) is 16.9 Å². The molecular weight excluding hydrogens is 618 g/mol. The normalized spacial score (nSPS) is 19.2. The second kappa shape index (κ2) is 13.0. The number of methoxy groups -OCH3 is 1. The van der Waals surface area contributed by atoms with E-state index in [1.165, 1.54) is 17.5 Å². The largest absolute Gasteiger partial charge is 0.494 e. The Hall–Kier alpha value is -4.78. The van der Waals surface area contributed by atoms with Crippen LogP contribution in [0.25, 0.3) is 11.1 Å². The van der Waals surface area contributed by atoms with Crippen LogP contribution in [0.5, 0.6) is 5.75 Å². The summed E-state index contributed by atoms with van der Waals surface area (Å²) in [6.45, 7) is 5.47. The first-order valence-corrected chi connectivity index (χ1v) is 16.4. The molecule has 3 aliphatic rings. The molecule has 3 aliphatic heterocycles. The Kier molecular flexibility index (Phi) is 8.63. The molecule has 1 N–H and O–H groups in total. The Labute approximate surface area is 278 Å². The van der Waals surface area contributed by atoms with E-state index in [0.717, 1.165) is 74.7 Å². The maximum absolute atomic E-state index is 14.7. The van der Waals surface area contributed by atoms with Gasteiger partial charge in [0.05, 0.1) is 31.6 Å². The summed E-state index contributed by atoms with van der Waals surface area (Å²) in [6.07, 6.45) is 9.96. The van der Waals surface area contributed by atoms with Gasteiger partial charge in [-0.15, -0.1) is 0 Å². The standard InChI is InChI=1S/C35H40F2N8O3/c1-23(46)43-12-8-35(9-13-43)10-14-44(15-11-35)30-18-31(47-3)28(17-26(30)24-20-40-42(2)21-24)41-32-19-33(39-22-38-32)45-29(7-16-48-45)25-5-4-6-27(36)34(25)37/h4-6,17-22,29H,7-16H2,1-3H3,(H,38,39,41)/t29-/m1/s1. The molecule has 48 heavy (non-hydrogen) atoms. The Morgan fingerprint density at radius 2 is 1.83 bits per heavy atom. The average Bonchev–Trinajstić information content (AvgIpc) is 3.76. The number of benzene rings is 2. The Morgan fingerprint density at radius 3 is 2.54 bits per heavy atom. The van der Waals surface area contributed by atoms with Crippen molar-refractivity contribution in [2.75, 3.05) is 55.2 Å². The molecule has 13 heteroatoms. The minimum absolute atomic E-state index is 0.162. The third-order valence-electron chi connectivity index (χ3n) is 10.2. The van der Waals surface area contributed by atoms with Crippen LogP contribution in [0.1, 0.15) is 50.6 Å². The number of hydrogen-bond acceptors (Lipinski definition) is 9. The lowest BCUT2D eigenvalue weighted by Gasteiger charge is -2.47. The number of rotatable bonds is 7. The van der Waals surface area contributed by atoms with E-state index in [1.807, 2.05) is 24.3 Å². The minimum atomic E-state index is -0.900. The first-order valence-electron chi connectivity index (χ1n) is 16.4. The highest BCUT2D eigenvalue weighted by Crippen LogP contribution is 2.46. The Balaban J connectivity index is 1.16. The zero-order valence-corrected chi connectivity index (χ0v) is 27.5. The van der Waals surface area contributed by atoms with Crippen LogP contribution in [0.2, 0.25) is 0 Å². The molecule has 0 saturated carbocycles. The van der Waals surface area contributed by atoms with Gasteiger partial charge in [-0.3, -0.25) is 14.3 Å². The number of hydrogen-bond donors (Lipinski definition) is 1. The summed E-state index contributed by atoms with van der Waals surface area (Å²) in [4.78, 5) is 31.0. The van der Waals surface area contributed by atoms with Gasteiger partial charge in [0, 0.05) is 87.3 Å². The van der Waals surface area contributed by atoms with Crippen molar-refractivity contribution in [2.45, 2.75) is 45.1 Å². The molecule has 0 radical (unpaired) electrons. The second-order valence-electron chi connectivity index (χ2n) is 13.0. The number of carbonyl (C=O) groups is 1. The van der Waals surface area contributed by atoms with E-state index in [0.29, 0.717) is 36.1 Å². The van der Waals surface area contributed by atoms with Crippen LogP contribution < -0.4 is 20.0 Å². The van der Waals surface area contributed by atoms with E-state index >= 15 is 0 Å². The van der Waals surface area contributed by atoms with Crippen molar-refractivity contribution in [1.29, 1.82) is 0 Å². The molecule has 11 nitrogen and oxygen atoms in total. The highest BCUT2D eigenvalue weighted by Gasteiger charge is 2.39. The molecule has 3 fully saturated rings. The summed E-state index contributed by atoms with van der Waals surface area (Å²) < 4.78 is 36.5. The average molecular weight is 659 g/mol. The number of nitrogens with zero attached hydrogens (tertiary/aromatic N) is 7. The number of anilines is 4. The predicted molar refractivity (Wildman–Crippen MR) is 178 cm³/mol. The van der Waals surface area contributed by atoms with Crippen molar-refractivity contribution in [1.82, 2.24) is 24.6 Å². The second-order valence-corrected chi connectivity index (χ2v) is 13.0. The third kappa shape index (κ3) is 6.14. The van der Waals surface area contributed by atoms with Crippen molar-refractivity contribution in [3.63, 3.8) is 0 Å². The molecule has 4 aromatic rings. The zero-order valence-electron chi connectivity index (χ0n) is 27.5. The monoisotopic (exact) mass is 658 g/mol. The molecule has 1 amide bonds. The summed E-state index contributed by atoms with van der Waals surface area (Å²) in [5.41, 5.74) is 4.23. The fraction of sp³-hybridized carbons (Fsp3) is 0.429. The molecule has 5 heterocycles. The van der Waals surface area contributed by atoms with Gasteiger partial charge in [0.25, 0.3) is 0 Å². The van der Waals surface area contributed by atoms with Gasteiger partial charge in [-0.2, -0.15) is 5.10 Å². The van der Waals surface area contributed by atoms with E-state index in [2.05, 4.69) is 37.4 Å². The maximum Gasteiger partial charge on any atom is 0.219 e. The number of aryl methyl sites for hydroxylation is 1. The SMILES string of the molecule is COc1cc(N2CCC3(CCN(C(C)=O)CC3)CC2)c(-c2cnn(C)c2)cc1Nc1cc(N2OCC[C@@H]2c2cccc(F)c2F)ncn1. The van der Waals surface area contributed by atoms with Gasteiger partial charge in [-0.25, -0.2) is 23.8 Å². The van der Waals surface area contributed by atoms with Gasteiger partial charge in [-0.1, -0.05) is 12.1 Å². The topological polar surface area (TPSA) is 101 Å². The molecule has 3 saturated heterocycles. The molecule has 1 atom stereocenters. The quantitative estimate of drug-likeness (QED) is 0.256.